The average Bonchev–Trinajstić information content (AvgIpc) is 1.94. The maximum atomic E-state index is 11.2. The lowest BCUT2D eigenvalue weighted by molar-refractivity contribution is 0.0489. The van der Waals surface area contributed by atoms with E-state index in [-0.39, 0.29) is 0 Å². The Hall–Kier alpha value is -0.770. The normalized spacial score (nSPS) is 18.5. The van der Waals surface area contributed by atoms with Crippen LogP contribution in [0.5, 0.6) is 0 Å². The van der Waals surface area contributed by atoms with Crippen molar-refractivity contribution < 1.29 is 18.8 Å². The van der Waals surface area contributed by atoms with Gasteiger partial charge in [-0.05, 0) is 27.6 Å². The second-order valence-corrected chi connectivity index (χ2v) is 3.38. The summed E-state index contributed by atoms with van der Waals surface area (Å²) in [6.45, 7) is 1.89. The van der Waals surface area contributed by atoms with Gasteiger partial charge in [0.15, 0.2) is 0 Å². The minimum Gasteiger partial charge on any atom is -0.444 e. The first-order valence-corrected chi connectivity index (χ1v) is 3.66. The van der Waals surface area contributed by atoms with Crippen molar-refractivity contribution in [3.05, 3.63) is 0 Å². The van der Waals surface area contributed by atoms with Gasteiger partial charge in [0.05, 0.1) is 12.6 Å². The highest BCUT2D eigenvalue weighted by Gasteiger charge is 2.16. The minimum atomic E-state index is -2.44. The van der Waals surface area contributed by atoms with Crippen LogP contribution in [0.25, 0.3) is 0 Å². The number of nitrogens with one attached hydrogen (secondary N) is 1. The molecule has 0 aliphatic carbocycles. The number of ether oxygens (including phenoxy) is 1. The van der Waals surface area contributed by atoms with Gasteiger partial charge in [0.2, 0.25) is 0 Å². The number of amides is 1. The van der Waals surface area contributed by atoms with Crippen LogP contribution in [-0.4, -0.2) is 29.4 Å². The molecule has 0 saturated carbocycles. The van der Waals surface area contributed by atoms with E-state index in [4.69, 9.17) is 14.0 Å². The molecule has 0 rings (SSSR count). The van der Waals surface area contributed by atoms with E-state index in [0.717, 1.165) is 0 Å². The van der Waals surface area contributed by atoms with Gasteiger partial charge in [0.25, 0.3) is 0 Å². The Kier molecular flexibility index (Phi) is 2.41. The molecule has 0 aromatic rings. The van der Waals surface area contributed by atoms with Crippen molar-refractivity contribution >= 4 is 6.09 Å². The van der Waals surface area contributed by atoms with E-state index in [0.29, 0.717) is 0 Å². The summed E-state index contributed by atoms with van der Waals surface area (Å²) in [5.41, 5.74) is -0.696. The molecular weight excluding hydrogens is 158 g/mol. The fraction of sp³-hybridized carbons (Fsp3) is 0.875. The quantitative estimate of drug-likeness (QED) is 0.660. The third-order valence-corrected chi connectivity index (χ3v) is 0.874. The maximum Gasteiger partial charge on any atom is 0.407 e. The molecule has 0 saturated heterocycles. The smallest absolute Gasteiger partial charge is 0.407 e. The summed E-state index contributed by atoms with van der Waals surface area (Å²) in [7, 11) is 0. The molecule has 1 amide bonds. The Bertz CT molecular complexity index is 222. The zero-order chi connectivity index (χ0) is 12.3. The summed E-state index contributed by atoms with van der Waals surface area (Å²) in [5, 5.41) is 10.9. The van der Waals surface area contributed by atoms with E-state index in [1.54, 1.807) is 20.8 Å². The molecule has 0 spiro atoms. The maximum absolute atomic E-state index is 11.2. The predicted molar refractivity (Wildman–Crippen MR) is 45.9 cm³/mol. The summed E-state index contributed by atoms with van der Waals surface area (Å²) in [4.78, 5) is 11.2. The number of hydrogen-bond donors (Lipinski definition) is 2. The standard InChI is InChI=1S/C8H17NO3/c1-6(5-10)9-7(11)12-8(2,3)4/h6,10H,5H2,1-4H3,(H,9,11)/i1D3. The number of rotatable bonds is 2. The number of hydrogen-bond acceptors (Lipinski definition) is 3. The van der Waals surface area contributed by atoms with Gasteiger partial charge >= 0.3 is 6.09 Å². The fourth-order valence-corrected chi connectivity index (χ4v) is 0.495. The van der Waals surface area contributed by atoms with E-state index >= 15 is 0 Å². The lowest BCUT2D eigenvalue weighted by Gasteiger charge is -2.21. The lowest BCUT2D eigenvalue weighted by Crippen LogP contribution is -2.39. The molecule has 1 unspecified atom stereocenters. The van der Waals surface area contributed by atoms with Crippen molar-refractivity contribution in [2.45, 2.75) is 39.3 Å². The Balaban J connectivity index is 4.27. The fourth-order valence-electron chi connectivity index (χ4n) is 0.495. The summed E-state index contributed by atoms with van der Waals surface area (Å²) in [5.74, 6) is 0. The van der Waals surface area contributed by atoms with Crippen molar-refractivity contribution in [2.24, 2.45) is 0 Å². The minimum absolute atomic E-state index is 0.657. The van der Waals surface area contributed by atoms with E-state index in [1.165, 1.54) is 0 Å². The van der Waals surface area contributed by atoms with Crippen LogP contribution < -0.4 is 5.32 Å². The van der Waals surface area contributed by atoms with E-state index in [2.05, 4.69) is 5.32 Å². The highest BCUT2D eigenvalue weighted by Crippen LogP contribution is 2.06. The molecule has 0 fully saturated rings. The van der Waals surface area contributed by atoms with Crippen LogP contribution in [0.3, 0.4) is 0 Å². The van der Waals surface area contributed by atoms with Crippen LogP contribution in [0, 0.1) is 0 Å². The molecule has 0 aliphatic heterocycles. The van der Waals surface area contributed by atoms with Gasteiger partial charge in [-0.25, -0.2) is 4.79 Å². The van der Waals surface area contributed by atoms with Crippen molar-refractivity contribution in [3.63, 3.8) is 0 Å². The molecule has 4 nitrogen and oxygen atoms in total. The van der Waals surface area contributed by atoms with Crippen LogP contribution in [0.15, 0.2) is 0 Å². The van der Waals surface area contributed by atoms with Crippen molar-refractivity contribution in [3.8, 4) is 0 Å². The number of alkyl carbamates (subject to hydrolysis) is 1. The molecule has 0 aliphatic rings. The molecule has 0 bridgehead atoms. The number of carbonyl (C=O) groups excluding carboxylic acids is 1. The molecule has 1 atom stereocenters. The summed E-state index contributed by atoms with van der Waals surface area (Å²) in [6.07, 6.45) is -0.849. The third kappa shape index (κ3) is 5.97. The van der Waals surface area contributed by atoms with Crippen LogP contribution in [-0.2, 0) is 4.74 Å². The Morgan fingerprint density at radius 1 is 1.75 bits per heavy atom. The molecule has 0 aromatic carbocycles. The van der Waals surface area contributed by atoms with E-state index in [9.17, 15) is 4.79 Å². The van der Waals surface area contributed by atoms with Gasteiger partial charge in [0.1, 0.15) is 5.60 Å². The number of aliphatic hydroxyl groups is 1. The molecule has 0 heterocycles. The van der Waals surface area contributed by atoms with Crippen molar-refractivity contribution in [2.75, 3.05) is 6.61 Å². The van der Waals surface area contributed by atoms with Crippen molar-refractivity contribution in [1.82, 2.24) is 5.32 Å². The SMILES string of the molecule is [2H]C([2H])([2H])C(CO)NC(=O)OC(C)(C)C. The Morgan fingerprint density at radius 2 is 2.33 bits per heavy atom. The van der Waals surface area contributed by atoms with Crippen LogP contribution in [0.1, 0.15) is 31.7 Å². The second kappa shape index (κ2) is 4.30. The van der Waals surface area contributed by atoms with Gasteiger partial charge in [-0.15, -0.1) is 0 Å². The zero-order valence-corrected chi connectivity index (χ0v) is 7.55. The molecule has 4 heteroatoms. The molecular formula is C8H17NO3. The first kappa shape index (κ1) is 6.71. The monoisotopic (exact) mass is 178 g/mol. The lowest BCUT2D eigenvalue weighted by atomic mass is 10.2. The van der Waals surface area contributed by atoms with E-state index < -0.39 is 31.2 Å². The molecule has 0 radical (unpaired) electrons. The molecule has 2 N–H and O–H groups in total. The first-order chi connectivity index (χ1) is 6.56. The summed E-state index contributed by atoms with van der Waals surface area (Å²) < 4.78 is 25.9. The number of aliphatic hydroxyl groups excluding tert-OH is 1. The molecule has 0 aromatic heterocycles. The van der Waals surface area contributed by atoms with Crippen molar-refractivity contribution in [1.29, 1.82) is 0 Å². The van der Waals surface area contributed by atoms with Crippen LogP contribution in [0.2, 0.25) is 0 Å². The van der Waals surface area contributed by atoms with Crippen LogP contribution in [0.4, 0.5) is 4.79 Å². The van der Waals surface area contributed by atoms with Gasteiger partial charge < -0.3 is 15.2 Å². The second-order valence-electron chi connectivity index (χ2n) is 3.38. The van der Waals surface area contributed by atoms with Gasteiger partial charge in [-0.3, -0.25) is 0 Å². The van der Waals surface area contributed by atoms with Gasteiger partial charge in [-0.1, -0.05) is 0 Å². The Morgan fingerprint density at radius 3 is 2.67 bits per heavy atom. The highest BCUT2D eigenvalue weighted by atomic mass is 16.6. The number of carbonyl (C=O) groups is 1. The summed E-state index contributed by atoms with van der Waals surface area (Å²) >= 11 is 0. The van der Waals surface area contributed by atoms with Gasteiger partial charge in [0, 0.05) is 4.11 Å². The zero-order valence-electron chi connectivity index (χ0n) is 10.5. The average molecular weight is 178 g/mol. The highest BCUT2D eigenvalue weighted by molar-refractivity contribution is 5.67. The Labute approximate surface area is 77.1 Å². The first-order valence-electron chi connectivity index (χ1n) is 5.16. The van der Waals surface area contributed by atoms with Gasteiger partial charge in [-0.2, -0.15) is 0 Å². The topological polar surface area (TPSA) is 58.6 Å². The van der Waals surface area contributed by atoms with E-state index in [1.807, 2.05) is 0 Å². The third-order valence-electron chi connectivity index (χ3n) is 0.874. The summed E-state index contributed by atoms with van der Waals surface area (Å²) in [6, 6.07) is -1.30. The van der Waals surface area contributed by atoms with Crippen LogP contribution >= 0.6 is 0 Å². The largest absolute Gasteiger partial charge is 0.444 e. The molecule has 72 valence electrons. The predicted octanol–water partition coefficient (Wildman–Crippen LogP) is 0.892. The molecule has 12 heavy (non-hydrogen) atoms.